The van der Waals surface area contributed by atoms with Crippen molar-refractivity contribution in [3.8, 4) is 0 Å². The van der Waals surface area contributed by atoms with Crippen LogP contribution >= 0.6 is 0 Å². The van der Waals surface area contributed by atoms with Crippen LogP contribution in [0, 0.1) is 5.41 Å². The van der Waals surface area contributed by atoms with Gasteiger partial charge in [-0.05, 0) is 0 Å². The first-order valence-electron chi connectivity index (χ1n) is 3.22. The van der Waals surface area contributed by atoms with Gasteiger partial charge in [0.05, 0.1) is 6.54 Å². The van der Waals surface area contributed by atoms with Crippen molar-refractivity contribution in [2.75, 3.05) is 13.6 Å². The Bertz CT molecular complexity index is 210. The van der Waals surface area contributed by atoms with Crippen LogP contribution in [0.15, 0.2) is 0 Å². The zero-order valence-corrected chi connectivity index (χ0v) is 6.92. The first-order valence-corrected chi connectivity index (χ1v) is 3.22. The van der Waals surface area contributed by atoms with E-state index in [0.717, 1.165) is 6.92 Å². The van der Waals surface area contributed by atoms with Crippen LogP contribution in [0.1, 0.15) is 6.92 Å². The second kappa shape index (κ2) is 4.32. The number of amides is 1. The van der Waals surface area contributed by atoms with Crippen molar-refractivity contribution >= 4 is 17.8 Å². The number of carboxylic acids is 1. The Kier molecular flexibility index (Phi) is 3.75. The number of aliphatic carboxylic acids is 1. The third kappa shape index (κ3) is 4.26. The summed E-state index contributed by atoms with van der Waals surface area (Å²) in [5, 5.41) is 16.7. The maximum absolute atomic E-state index is 10.4. The van der Waals surface area contributed by atoms with Gasteiger partial charge in [0, 0.05) is 14.0 Å². The van der Waals surface area contributed by atoms with Crippen molar-refractivity contribution in [1.29, 1.82) is 5.41 Å². The van der Waals surface area contributed by atoms with Crippen LogP contribution in [0.25, 0.3) is 0 Å². The highest BCUT2D eigenvalue weighted by atomic mass is 16.4. The second-order valence-corrected chi connectivity index (χ2v) is 2.27. The van der Waals surface area contributed by atoms with E-state index >= 15 is 0 Å². The summed E-state index contributed by atoms with van der Waals surface area (Å²) in [6.07, 6.45) is 0. The van der Waals surface area contributed by atoms with Gasteiger partial charge in [-0.25, -0.2) is 0 Å². The van der Waals surface area contributed by atoms with E-state index in [1.165, 1.54) is 0 Å². The Morgan fingerprint density at radius 2 is 2.17 bits per heavy atom. The van der Waals surface area contributed by atoms with Crippen LogP contribution in [0.5, 0.6) is 0 Å². The molecule has 1 aliphatic rings. The van der Waals surface area contributed by atoms with Crippen LogP contribution in [0.3, 0.4) is 0 Å². The summed E-state index contributed by atoms with van der Waals surface area (Å²) in [5.74, 6) is -0.743. The van der Waals surface area contributed by atoms with Crippen LogP contribution in [-0.4, -0.2) is 41.4 Å². The molecule has 0 aromatic rings. The van der Waals surface area contributed by atoms with Crippen LogP contribution in [0.4, 0.5) is 0 Å². The summed E-state index contributed by atoms with van der Waals surface area (Å²) >= 11 is 0. The maximum atomic E-state index is 10.4. The Morgan fingerprint density at radius 3 is 2.25 bits per heavy atom. The van der Waals surface area contributed by atoms with Crippen molar-refractivity contribution in [1.82, 2.24) is 10.2 Å². The monoisotopic (exact) mass is 173 g/mol. The lowest BCUT2D eigenvalue weighted by molar-refractivity contribution is -0.134. The summed E-state index contributed by atoms with van der Waals surface area (Å²) in [7, 11) is 1.69. The molecule has 0 aromatic heterocycles. The Morgan fingerprint density at radius 1 is 1.75 bits per heavy atom. The Hall–Kier alpha value is -1.59. The maximum Gasteiger partial charge on any atom is 0.300 e. The average Bonchev–Trinajstić information content (AvgIpc) is 2.08. The molecule has 68 valence electrons. The third-order valence-electron chi connectivity index (χ3n) is 1.02. The van der Waals surface area contributed by atoms with E-state index in [2.05, 4.69) is 5.32 Å². The number of carboxylic acid groups (broad SMARTS) is 1. The molecular weight excluding hydrogens is 162 g/mol. The van der Waals surface area contributed by atoms with Crippen molar-refractivity contribution in [3.63, 3.8) is 0 Å². The van der Waals surface area contributed by atoms with Crippen molar-refractivity contribution < 1.29 is 14.7 Å². The summed E-state index contributed by atoms with van der Waals surface area (Å²) < 4.78 is 0. The van der Waals surface area contributed by atoms with Gasteiger partial charge in [-0.3, -0.25) is 20.3 Å². The van der Waals surface area contributed by atoms with Crippen molar-refractivity contribution in [3.05, 3.63) is 0 Å². The molecule has 1 saturated heterocycles. The molecule has 3 N–H and O–H groups in total. The minimum Gasteiger partial charge on any atom is -0.481 e. The number of hydrogen-bond acceptors (Lipinski definition) is 3. The molecule has 6 heteroatoms. The fourth-order valence-electron chi connectivity index (χ4n) is 0.561. The summed E-state index contributed by atoms with van der Waals surface area (Å²) in [6, 6.07) is 0. The molecule has 1 fully saturated rings. The van der Waals surface area contributed by atoms with E-state index in [1.807, 2.05) is 0 Å². The predicted octanol–water partition coefficient (Wildman–Crippen LogP) is -0.926. The van der Waals surface area contributed by atoms with Crippen LogP contribution in [-0.2, 0) is 9.59 Å². The Labute approximate surface area is 69.7 Å². The highest BCUT2D eigenvalue weighted by molar-refractivity contribution is 6.02. The molecule has 1 amide bonds. The average molecular weight is 173 g/mol. The molecule has 6 nitrogen and oxygen atoms in total. The molecule has 12 heavy (non-hydrogen) atoms. The first-order chi connectivity index (χ1) is 5.43. The third-order valence-corrected chi connectivity index (χ3v) is 1.02. The molecule has 0 unspecified atom stereocenters. The van der Waals surface area contributed by atoms with Gasteiger partial charge in [0.15, 0.2) is 5.96 Å². The van der Waals surface area contributed by atoms with E-state index in [1.54, 1.807) is 11.9 Å². The number of carbonyl (C=O) groups is 2. The van der Waals surface area contributed by atoms with Gasteiger partial charge < -0.3 is 10.0 Å². The number of hydrogen-bond donors (Lipinski definition) is 3. The highest BCUT2D eigenvalue weighted by Crippen LogP contribution is 1.89. The minimum absolute atomic E-state index is 0.0995. The fraction of sp³-hybridized carbons (Fsp3) is 0.500. The molecular formula is C6H11N3O3. The van der Waals surface area contributed by atoms with E-state index in [9.17, 15) is 4.79 Å². The standard InChI is InChI=1S/C4H7N3O.C2H4O2/c1-7-2-3(8)6-4(7)5;1-2(3)4/h2H2,1H3,(H2,5,6,8);1H3,(H,3,4). The number of guanidine groups is 1. The molecule has 1 aliphatic heterocycles. The van der Waals surface area contributed by atoms with Gasteiger partial charge in [0.2, 0.25) is 5.91 Å². The molecule has 0 spiro atoms. The zero-order chi connectivity index (χ0) is 9.72. The van der Waals surface area contributed by atoms with Crippen LogP contribution < -0.4 is 5.32 Å². The zero-order valence-electron chi connectivity index (χ0n) is 6.92. The SMILES string of the molecule is CC(=O)O.CN1CC(=O)NC1=N. The van der Waals surface area contributed by atoms with E-state index in [-0.39, 0.29) is 11.9 Å². The van der Waals surface area contributed by atoms with E-state index < -0.39 is 5.97 Å². The van der Waals surface area contributed by atoms with Gasteiger partial charge in [-0.2, -0.15) is 0 Å². The van der Waals surface area contributed by atoms with Gasteiger partial charge in [-0.15, -0.1) is 0 Å². The van der Waals surface area contributed by atoms with E-state index in [0.29, 0.717) is 6.54 Å². The van der Waals surface area contributed by atoms with Gasteiger partial charge >= 0.3 is 0 Å². The number of likely N-dealkylation sites (N-methyl/N-ethyl adjacent to an activating group) is 1. The molecule has 1 heterocycles. The lowest BCUT2D eigenvalue weighted by Gasteiger charge is -2.03. The van der Waals surface area contributed by atoms with Crippen molar-refractivity contribution in [2.24, 2.45) is 0 Å². The van der Waals surface area contributed by atoms with Gasteiger partial charge in [-0.1, -0.05) is 0 Å². The predicted molar refractivity (Wildman–Crippen MR) is 41.8 cm³/mol. The number of nitrogens with one attached hydrogen (secondary N) is 2. The topological polar surface area (TPSA) is 93.5 Å². The highest BCUT2D eigenvalue weighted by Gasteiger charge is 2.18. The van der Waals surface area contributed by atoms with Gasteiger partial charge in [0.1, 0.15) is 0 Å². The molecule has 0 radical (unpaired) electrons. The summed E-state index contributed by atoms with van der Waals surface area (Å²) in [4.78, 5) is 20.9. The second-order valence-electron chi connectivity index (χ2n) is 2.27. The minimum atomic E-state index is -0.833. The number of rotatable bonds is 0. The fourth-order valence-corrected chi connectivity index (χ4v) is 0.561. The van der Waals surface area contributed by atoms with Gasteiger partial charge in [0.25, 0.3) is 5.97 Å². The molecule has 0 aliphatic carbocycles. The number of carbonyl (C=O) groups excluding carboxylic acids is 1. The van der Waals surface area contributed by atoms with Crippen molar-refractivity contribution in [2.45, 2.75) is 6.92 Å². The first kappa shape index (κ1) is 10.4. The van der Waals surface area contributed by atoms with E-state index in [4.69, 9.17) is 15.3 Å². The largest absolute Gasteiger partial charge is 0.481 e. The smallest absolute Gasteiger partial charge is 0.300 e. The van der Waals surface area contributed by atoms with Crippen LogP contribution in [0.2, 0.25) is 0 Å². The normalized spacial score (nSPS) is 15.0. The Balaban J connectivity index is 0.000000261. The molecule has 0 aromatic carbocycles. The number of nitrogens with zero attached hydrogens (tertiary/aromatic N) is 1. The summed E-state index contributed by atoms with van der Waals surface area (Å²) in [5.41, 5.74) is 0. The molecule has 0 saturated carbocycles. The lowest BCUT2D eigenvalue weighted by atomic mass is 10.6. The summed E-state index contributed by atoms with van der Waals surface area (Å²) in [6.45, 7) is 1.40. The molecule has 1 rings (SSSR count). The quantitative estimate of drug-likeness (QED) is 0.441. The lowest BCUT2D eigenvalue weighted by Crippen LogP contribution is -2.25. The molecule has 0 atom stereocenters. The molecule has 0 bridgehead atoms.